The van der Waals surface area contributed by atoms with Crippen molar-refractivity contribution in [2.24, 2.45) is 17.2 Å². The molecule has 6 N–H and O–H groups in total. The Kier molecular flexibility index (Phi) is 12.2. The van der Waals surface area contributed by atoms with Crippen LogP contribution in [0, 0.1) is 0 Å². The van der Waals surface area contributed by atoms with Gasteiger partial charge in [-0.1, -0.05) is 63.5 Å². The van der Waals surface area contributed by atoms with E-state index in [1.807, 2.05) is 4.90 Å². The summed E-state index contributed by atoms with van der Waals surface area (Å²) < 4.78 is 0. The lowest BCUT2D eigenvalue weighted by Gasteiger charge is -2.23. The van der Waals surface area contributed by atoms with Gasteiger partial charge < -0.3 is 22.1 Å². The summed E-state index contributed by atoms with van der Waals surface area (Å²) in [7, 11) is 0. The minimum atomic E-state index is -0.571. The highest BCUT2D eigenvalue weighted by Gasteiger charge is 2.16. The van der Waals surface area contributed by atoms with Crippen molar-refractivity contribution < 1.29 is 19.2 Å². The predicted octanol–water partition coefficient (Wildman–Crippen LogP) is 4.03. The Morgan fingerprint density at radius 2 is 0.806 bits per heavy atom. The quantitative estimate of drug-likeness (QED) is 0.588. The molecule has 0 bridgehead atoms. The van der Waals surface area contributed by atoms with Crippen LogP contribution in [0.1, 0.15) is 106 Å². The molecule has 0 aliphatic carbocycles. The second-order valence-electron chi connectivity index (χ2n) is 9.08. The van der Waals surface area contributed by atoms with Gasteiger partial charge in [-0.05, 0) is 49.2 Å². The Morgan fingerprint density at radius 1 is 0.500 bits per heavy atom. The third-order valence-electron chi connectivity index (χ3n) is 6.22. The largest absolute Gasteiger partial charge is 0.366 e. The lowest BCUT2D eigenvalue weighted by Crippen LogP contribution is -2.33. The molecule has 0 atom stereocenters. The zero-order valence-electron chi connectivity index (χ0n) is 20.9. The molecule has 36 heavy (non-hydrogen) atoms. The SMILES string of the molecule is NC(=O)c1cccc(C(=O)N2CCCCCCCCCCCC2)c1.NC(=O)c1cccc(C(N)=O)c1. The van der Waals surface area contributed by atoms with Gasteiger partial charge in [0.05, 0.1) is 0 Å². The monoisotopic (exact) mass is 494 g/mol. The molecule has 0 unspecified atom stereocenters. The summed E-state index contributed by atoms with van der Waals surface area (Å²) in [4.78, 5) is 47.4. The second-order valence-corrected chi connectivity index (χ2v) is 9.08. The maximum Gasteiger partial charge on any atom is 0.253 e. The molecule has 2 aromatic carbocycles. The number of rotatable bonds is 4. The topological polar surface area (TPSA) is 150 Å². The first-order valence-electron chi connectivity index (χ1n) is 12.7. The van der Waals surface area contributed by atoms with E-state index in [1.54, 1.807) is 30.3 Å². The van der Waals surface area contributed by atoms with Crippen molar-refractivity contribution >= 4 is 23.6 Å². The number of amides is 4. The summed E-state index contributed by atoms with van der Waals surface area (Å²) in [6, 6.07) is 12.7. The average molecular weight is 495 g/mol. The van der Waals surface area contributed by atoms with Gasteiger partial charge in [0, 0.05) is 35.3 Å². The van der Waals surface area contributed by atoms with Crippen molar-refractivity contribution in [1.29, 1.82) is 0 Å². The predicted molar refractivity (Wildman–Crippen MR) is 141 cm³/mol. The number of primary amides is 3. The zero-order chi connectivity index (χ0) is 26.3. The van der Waals surface area contributed by atoms with E-state index in [4.69, 9.17) is 17.2 Å². The summed E-state index contributed by atoms with van der Waals surface area (Å²) in [6.07, 6.45) is 12.3. The number of hydrogen-bond acceptors (Lipinski definition) is 4. The minimum Gasteiger partial charge on any atom is -0.366 e. The van der Waals surface area contributed by atoms with E-state index in [0.717, 1.165) is 25.9 Å². The maximum absolute atomic E-state index is 12.8. The number of nitrogens with zero attached hydrogens (tertiary/aromatic N) is 1. The highest BCUT2D eigenvalue weighted by molar-refractivity contribution is 5.99. The summed E-state index contributed by atoms with van der Waals surface area (Å²) in [5, 5.41) is 0. The number of nitrogens with two attached hydrogens (primary N) is 3. The van der Waals surface area contributed by atoms with Crippen LogP contribution in [0.25, 0.3) is 0 Å². The standard InChI is InChI=1S/C20H30N2O2.C8H8N2O2/c21-19(23)17-12-11-13-18(16-17)20(24)22-14-9-7-5-3-1-2-4-6-8-10-15-22;9-7(11)5-2-1-3-6(4-5)8(10)12/h11-13,16H,1-10,14-15H2,(H2,21,23);1-4H,(H2,9,11)(H2,10,12). The fourth-order valence-corrected chi connectivity index (χ4v) is 4.15. The maximum atomic E-state index is 12.8. The van der Waals surface area contributed by atoms with Gasteiger partial charge in [-0.2, -0.15) is 0 Å². The summed E-state index contributed by atoms with van der Waals surface area (Å²) >= 11 is 0. The first-order valence-corrected chi connectivity index (χ1v) is 12.7. The van der Waals surface area contributed by atoms with Crippen LogP contribution in [-0.2, 0) is 0 Å². The molecule has 1 aliphatic heterocycles. The van der Waals surface area contributed by atoms with Gasteiger partial charge in [0.15, 0.2) is 0 Å². The molecule has 8 heteroatoms. The van der Waals surface area contributed by atoms with Gasteiger partial charge in [-0.3, -0.25) is 19.2 Å². The van der Waals surface area contributed by atoms with Gasteiger partial charge in [-0.15, -0.1) is 0 Å². The van der Waals surface area contributed by atoms with Crippen LogP contribution in [0.15, 0.2) is 48.5 Å². The van der Waals surface area contributed by atoms with Gasteiger partial charge >= 0.3 is 0 Å². The van der Waals surface area contributed by atoms with Crippen molar-refractivity contribution in [3.8, 4) is 0 Å². The van der Waals surface area contributed by atoms with E-state index in [1.165, 1.54) is 69.6 Å². The molecule has 3 rings (SSSR count). The molecule has 1 saturated heterocycles. The van der Waals surface area contributed by atoms with E-state index in [-0.39, 0.29) is 17.0 Å². The minimum absolute atomic E-state index is 0.0213. The number of hydrogen-bond donors (Lipinski definition) is 3. The van der Waals surface area contributed by atoms with Crippen LogP contribution in [0.4, 0.5) is 0 Å². The zero-order valence-corrected chi connectivity index (χ0v) is 20.9. The molecule has 0 aromatic heterocycles. The first kappa shape index (κ1) is 28.6. The van der Waals surface area contributed by atoms with Crippen LogP contribution in [0.2, 0.25) is 0 Å². The van der Waals surface area contributed by atoms with Crippen LogP contribution >= 0.6 is 0 Å². The molecule has 1 fully saturated rings. The van der Waals surface area contributed by atoms with Crippen molar-refractivity contribution in [2.75, 3.05) is 13.1 Å². The summed E-state index contributed by atoms with van der Waals surface area (Å²) in [6.45, 7) is 1.61. The third kappa shape index (κ3) is 9.90. The molecule has 0 saturated carbocycles. The Balaban J connectivity index is 0.000000319. The molecule has 194 valence electrons. The van der Waals surface area contributed by atoms with Crippen LogP contribution in [0.5, 0.6) is 0 Å². The molecule has 0 radical (unpaired) electrons. The summed E-state index contributed by atoms with van der Waals surface area (Å²) in [5.74, 6) is -1.61. The molecule has 8 nitrogen and oxygen atoms in total. The van der Waals surface area contributed by atoms with Crippen LogP contribution in [-0.4, -0.2) is 41.6 Å². The van der Waals surface area contributed by atoms with Crippen molar-refractivity contribution in [2.45, 2.75) is 64.2 Å². The van der Waals surface area contributed by atoms with Gasteiger partial charge in [0.25, 0.3) is 5.91 Å². The molecular weight excluding hydrogens is 456 g/mol. The Morgan fingerprint density at radius 3 is 1.17 bits per heavy atom. The Labute approximate surface area is 213 Å². The van der Waals surface area contributed by atoms with Crippen molar-refractivity contribution in [1.82, 2.24) is 4.90 Å². The highest BCUT2D eigenvalue weighted by atomic mass is 16.2. The fourth-order valence-electron chi connectivity index (χ4n) is 4.15. The van der Waals surface area contributed by atoms with E-state index in [9.17, 15) is 19.2 Å². The van der Waals surface area contributed by atoms with Crippen LogP contribution in [0.3, 0.4) is 0 Å². The first-order chi connectivity index (χ1) is 17.3. The number of carbonyl (C=O) groups excluding carboxylic acids is 4. The third-order valence-corrected chi connectivity index (χ3v) is 6.22. The van der Waals surface area contributed by atoms with Gasteiger partial charge in [0.2, 0.25) is 17.7 Å². The lowest BCUT2D eigenvalue weighted by molar-refractivity contribution is 0.0749. The van der Waals surface area contributed by atoms with Crippen molar-refractivity contribution in [3.63, 3.8) is 0 Å². The van der Waals surface area contributed by atoms with Crippen molar-refractivity contribution in [3.05, 3.63) is 70.8 Å². The highest BCUT2D eigenvalue weighted by Crippen LogP contribution is 2.15. The van der Waals surface area contributed by atoms with E-state index in [2.05, 4.69) is 0 Å². The number of benzene rings is 2. The Hall–Kier alpha value is -3.68. The lowest BCUT2D eigenvalue weighted by atomic mass is 10.1. The van der Waals surface area contributed by atoms with Gasteiger partial charge in [-0.25, -0.2) is 0 Å². The molecular formula is C28H38N4O4. The summed E-state index contributed by atoms with van der Waals surface area (Å²) in [5.41, 5.74) is 16.8. The Bertz CT molecular complexity index is 994. The molecule has 0 spiro atoms. The molecule has 1 aliphatic rings. The average Bonchev–Trinajstić information content (AvgIpc) is 2.90. The molecule has 1 heterocycles. The van der Waals surface area contributed by atoms with Gasteiger partial charge in [0.1, 0.15) is 0 Å². The number of carbonyl (C=O) groups is 4. The van der Waals surface area contributed by atoms with E-state index >= 15 is 0 Å². The van der Waals surface area contributed by atoms with E-state index in [0.29, 0.717) is 11.1 Å². The second kappa shape index (κ2) is 15.3. The normalized spacial score (nSPS) is 15.2. The van der Waals surface area contributed by atoms with E-state index < -0.39 is 17.7 Å². The van der Waals surface area contributed by atoms with Crippen LogP contribution < -0.4 is 17.2 Å². The smallest absolute Gasteiger partial charge is 0.253 e. The molecule has 2 aromatic rings. The molecule has 4 amide bonds. The fraction of sp³-hybridized carbons (Fsp3) is 0.429.